The quantitative estimate of drug-likeness (QED) is 0.641. The number of aryl methyl sites for hydroxylation is 1. The fourth-order valence-electron chi connectivity index (χ4n) is 1.16. The second-order valence-corrected chi connectivity index (χ2v) is 2.79. The van der Waals surface area contributed by atoms with Crippen LogP contribution in [0.2, 0.25) is 0 Å². The van der Waals surface area contributed by atoms with E-state index in [1.165, 1.54) is 0 Å². The number of fused-ring (bicyclic) bond motifs is 1. The summed E-state index contributed by atoms with van der Waals surface area (Å²) in [6.07, 6.45) is 1.59. The van der Waals surface area contributed by atoms with E-state index in [-0.39, 0.29) is 11.8 Å². The predicted octanol–water partition coefficient (Wildman–Crippen LogP) is -0.789. The van der Waals surface area contributed by atoms with E-state index in [9.17, 15) is 0 Å². The van der Waals surface area contributed by atoms with E-state index in [0.29, 0.717) is 11.2 Å². The molecule has 9 heteroatoms. The van der Waals surface area contributed by atoms with Crippen LogP contribution in [0.1, 0.15) is 0 Å². The van der Waals surface area contributed by atoms with Crippen molar-refractivity contribution in [3.63, 3.8) is 0 Å². The third kappa shape index (κ3) is 1.67. The molecule has 0 unspecified atom stereocenters. The molecule has 2 heterocycles. The van der Waals surface area contributed by atoms with Crippen LogP contribution in [-0.2, 0) is 7.05 Å². The number of hydrogen-bond acceptors (Lipinski definition) is 6. The molecular formula is C6H6B2N6O. The first-order valence-corrected chi connectivity index (χ1v) is 4.05. The Kier molecular flexibility index (Phi) is 2.36. The molecule has 0 aliphatic rings. The topological polar surface area (TPSA) is 91.2 Å². The average Bonchev–Trinajstić information content (AvgIpc) is 2.57. The summed E-state index contributed by atoms with van der Waals surface area (Å²) in [7, 11) is 7.75. The van der Waals surface area contributed by atoms with Gasteiger partial charge in [0.25, 0.3) is 0 Å². The second-order valence-electron chi connectivity index (χ2n) is 2.79. The predicted molar refractivity (Wildman–Crippen MR) is 55.3 cm³/mol. The molecular weight excluding hydrogens is 194 g/mol. The molecule has 0 spiro atoms. The molecule has 15 heavy (non-hydrogen) atoms. The van der Waals surface area contributed by atoms with Crippen molar-refractivity contribution >= 4 is 32.4 Å². The van der Waals surface area contributed by atoms with E-state index in [1.54, 1.807) is 17.9 Å². The minimum atomic E-state index is 0.103. The zero-order chi connectivity index (χ0) is 10.8. The molecule has 2 aromatic heterocycles. The van der Waals surface area contributed by atoms with Gasteiger partial charge in [0.05, 0.1) is 0 Å². The molecule has 0 bridgehead atoms. The molecule has 2 radical (unpaired) electrons. The van der Waals surface area contributed by atoms with Crippen molar-refractivity contribution in [1.82, 2.24) is 19.5 Å². The summed E-state index contributed by atoms with van der Waals surface area (Å²) in [4.78, 5) is 15.1. The summed E-state index contributed by atoms with van der Waals surface area (Å²) < 4.78 is 6.75. The normalized spacial score (nSPS) is 10.7. The van der Waals surface area contributed by atoms with Crippen molar-refractivity contribution in [2.45, 2.75) is 0 Å². The molecule has 7 nitrogen and oxygen atoms in total. The van der Waals surface area contributed by atoms with Crippen molar-refractivity contribution < 1.29 is 4.65 Å². The Bertz CT molecular complexity index is 524. The molecule has 2 aromatic rings. The van der Waals surface area contributed by atoms with Gasteiger partial charge in [-0.05, 0) is 0 Å². The first kappa shape index (κ1) is 9.63. The van der Waals surface area contributed by atoms with Gasteiger partial charge in [-0.25, -0.2) is 0 Å². The number of nitrogens with zero attached hydrogens (tertiary/aromatic N) is 5. The van der Waals surface area contributed by atoms with Gasteiger partial charge in [0.1, 0.15) is 0 Å². The third-order valence-corrected chi connectivity index (χ3v) is 1.77. The van der Waals surface area contributed by atoms with Gasteiger partial charge < -0.3 is 0 Å². The fraction of sp³-hybridized carbons (Fsp3) is 0.167. The summed E-state index contributed by atoms with van der Waals surface area (Å²) in [6.45, 7) is 0. The van der Waals surface area contributed by atoms with E-state index in [4.69, 9.17) is 18.4 Å². The Morgan fingerprint density at radius 2 is 2.40 bits per heavy atom. The Morgan fingerprint density at radius 3 is 3.13 bits per heavy atom. The number of nitrogens with two attached hydrogens (primary N) is 1. The molecule has 0 amide bonds. The van der Waals surface area contributed by atoms with Gasteiger partial charge in [-0.1, -0.05) is 0 Å². The van der Waals surface area contributed by atoms with E-state index in [2.05, 4.69) is 19.8 Å². The Hall–Kier alpha value is -1.92. The van der Waals surface area contributed by atoms with Crippen LogP contribution in [0.15, 0.2) is 11.1 Å². The summed E-state index contributed by atoms with van der Waals surface area (Å²) in [5, 5.41) is 0. The SMILES string of the molecule is [B]N=BOc1nc(N)nc2c1ncn2C. The van der Waals surface area contributed by atoms with Gasteiger partial charge in [-0.2, -0.15) is 0 Å². The van der Waals surface area contributed by atoms with Gasteiger partial charge in [-0.3, -0.25) is 0 Å². The number of rotatable bonds is 2. The van der Waals surface area contributed by atoms with Crippen LogP contribution in [0.3, 0.4) is 0 Å². The summed E-state index contributed by atoms with van der Waals surface area (Å²) >= 11 is 0. The Labute approximate surface area is 87.1 Å². The molecule has 2 N–H and O–H groups in total. The Balaban J connectivity index is 2.61. The molecule has 0 aromatic carbocycles. The van der Waals surface area contributed by atoms with Crippen molar-refractivity contribution in [2.24, 2.45) is 11.9 Å². The zero-order valence-electron chi connectivity index (χ0n) is 7.95. The molecule has 0 aliphatic carbocycles. The maximum atomic E-state index is 5.51. The molecule has 0 saturated heterocycles. The standard InChI is InChI=1S/C6H6B2N6O/c1-14-2-10-3-4(14)11-6(9)12-5(3)15-8-13-7/h2H,1H3,(H2,9,11,12). The zero-order valence-corrected chi connectivity index (χ0v) is 7.95. The van der Waals surface area contributed by atoms with Crippen LogP contribution < -0.4 is 10.4 Å². The summed E-state index contributed by atoms with van der Waals surface area (Å²) in [5.74, 6) is 0.332. The van der Waals surface area contributed by atoms with Gasteiger partial charge in [0.15, 0.2) is 0 Å². The molecule has 0 aliphatic heterocycles. The van der Waals surface area contributed by atoms with Crippen LogP contribution >= 0.6 is 0 Å². The van der Waals surface area contributed by atoms with Gasteiger partial charge >= 0.3 is 86.3 Å². The van der Waals surface area contributed by atoms with E-state index < -0.39 is 0 Å². The van der Waals surface area contributed by atoms with Crippen molar-refractivity contribution in [2.75, 3.05) is 5.73 Å². The molecule has 2 rings (SSSR count). The number of imidazole rings is 1. The first-order chi connectivity index (χ1) is 7.22. The van der Waals surface area contributed by atoms with Crippen LogP contribution in [-0.4, -0.2) is 34.8 Å². The van der Waals surface area contributed by atoms with Crippen LogP contribution in [0.4, 0.5) is 5.95 Å². The van der Waals surface area contributed by atoms with E-state index >= 15 is 0 Å². The van der Waals surface area contributed by atoms with E-state index in [1.807, 2.05) is 0 Å². The molecule has 72 valence electrons. The molecule has 0 saturated carbocycles. The minimum absolute atomic E-state index is 0.103. The number of nitrogen functional groups attached to an aromatic ring is 1. The maximum absolute atomic E-state index is 5.51. The van der Waals surface area contributed by atoms with Crippen molar-refractivity contribution in [3.05, 3.63) is 6.33 Å². The monoisotopic (exact) mass is 200 g/mol. The summed E-state index contributed by atoms with van der Waals surface area (Å²) in [6, 6.07) is 0. The van der Waals surface area contributed by atoms with E-state index in [0.717, 1.165) is 7.27 Å². The fourth-order valence-corrected chi connectivity index (χ4v) is 1.16. The number of hydrogen-bond donors (Lipinski definition) is 1. The van der Waals surface area contributed by atoms with Crippen LogP contribution in [0.25, 0.3) is 11.2 Å². The number of aromatic nitrogens is 4. The van der Waals surface area contributed by atoms with Crippen molar-refractivity contribution in [3.8, 4) is 5.88 Å². The third-order valence-electron chi connectivity index (χ3n) is 1.77. The van der Waals surface area contributed by atoms with Crippen LogP contribution in [0.5, 0.6) is 5.88 Å². The van der Waals surface area contributed by atoms with Gasteiger partial charge in [0.2, 0.25) is 0 Å². The summed E-state index contributed by atoms with van der Waals surface area (Å²) in [5.41, 5.74) is 6.60. The van der Waals surface area contributed by atoms with Gasteiger partial charge in [-0.15, -0.1) is 0 Å². The average molecular weight is 200 g/mol. The first-order valence-electron chi connectivity index (χ1n) is 4.05. The molecule has 0 fully saturated rings. The molecule has 0 atom stereocenters. The second kappa shape index (κ2) is 3.68. The van der Waals surface area contributed by atoms with Gasteiger partial charge in [0, 0.05) is 0 Å². The van der Waals surface area contributed by atoms with Crippen molar-refractivity contribution in [1.29, 1.82) is 0 Å². The Morgan fingerprint density at radius 1 is 1.60 bits per heavy atom. The number of anilines is 1. The van der Waals surface area contributed by atoms with Crippen LogP contribution in [0, 0.1) is 0 Å².